The minimum Gasteiger partial charge on any atom is -0.544 e. The van der Waals surface area contributed by atoms with Crippen molar-refractivity contribution < 1.29 is 20.0 Å². The Bertz CT molecular complexity index is 454. The molecule has 0 amide bonds. The maximum atomic E-state index is 11.9. The number of Topliss-reactive ketones (excluding diaryl/α,β-unsaturated/α-hetero) is 1. The molecule has 0 unspecified atom stereocenters. The molecule has 0 radical (unpaired) electrons. The summed E-state index contributed by atoms with van der Waals surface area (Å²) in [4.78, 5) is 22.9. The van der Waals surface area contributed by atoms with E-state index in [1.54, 1.807) is 29.6 Å². The molecule has 0 aromatic heterocycles. The molecule has 1 atom stereocenters. The molecule has 0 bridgehead atoms. The number of halogens is 1. The summed E-state index contributed by atoms with van der Waals surface area (Å²) in [6.07, 6.45) is 2.03. The molecular weight excluding hydrogens is 298 g/mol. The van der Waals surface area contributed by atoms with Crippen LogP contribution in [0.1, 0.15) is 29.6 Å². The van der Waals surface area contributed by atoms with Crippen LogP contribution in [0.15, 0.2) is 28.7 Å². The molecule has 4 nitrogen and oxygen atoms in total. The fraction of sp³-hybridized carbons (Fsp3) is 0.385. The molecule has 2 N–H and O–H groups in total. The lowest BCUT2D eigenvalue weighted by atomic mass is 10.0. The fourth-order valence-corrected chi connectivity index (χ4v) is 2.06. The van der Waals surface area contributed by atoms with E-state index in [2.05, 4.69) is 15.9 Å². The van der Waals surface area contributed by atoms with Crippen molar-refractivity contribution in [2.24, 2.45) is 0 Å². The van der Waals surface area contributed by atoms with Gasteiger partial charge in [-0.05, 0) is 12.1 Å². The van der Waals surface area contributed by atoms with Gasteiger partial charge in [-0.2, -0.15) is 0 Å². The van der Waals surface area contributed by atoms with Crippen LogP contribution in [0.4, 0.5) is 0 Å². The Morgan fingerprint density at radius 1 is 1.33 bits per heavy atom. The van der Waals surface area contributed by atoms with Crippen molar-refractivity contribution in [2.75, 3.05) is 0 Å². The van der Waals surface area contributed by atoms with Gasteiger partial charge in [-0.1, -0.05) is 28.1 Å². The van der Waals surface area contributed by atoms with Gasteiger partial charge in [0.15, 0.2) is 5.78 Å². The van der Waals surface area contributed by atoms with E-state index in [0.717, 1.165) is 17.3 Å². The Morgan fingerprint density at radius 3 is 2.44 bits per heavy atom. The van der Waals surface area contributed by atoms with Gasteiger partial charge in [0.25, 0.3) is 0 Å². The predicted molar refractivity (Wildman–Crippen MR) is 66.8 cm³/mol. The third-order valence-electron chi connectivity index (χ3n) is 3.00. The number of rotatable bonds is 6. The third kappa shape index (κ3) is 3.65. The number of carboxylic acid groups (broad SMARTS) is 1. The summed E-state index contributed by atoms with van der Waals surface area (Å²) in [5.41, 5.74) is 0.536. The average molecular weight is 312 g/mol. The number of carbonyl (C=O) groups excluding carboxylic acids is 2. The number of hydrogen-bond donors (Lipinski definition) is 1. The minimum atomic E-state index is -1.16. The fourth-order valence-electron chi connectivity index (χ4n) is 1.80. The first kappa shape index (κ1) is 13.2. The van der Waals surface area contributed by atoms with Crippen LogP contribution in [-0.2, 0) is 4.79 Å². The van der Waals surface area contributed by atoms with Crippen LogP contribution < -0.4 is 10.4 Å². The van der Waals surface area contributed by atoms with Crippen LogP contribution in [-0.4, -0.2) is 23.8 Å². The van der Waals surface area contributed by atoms with E-state index in [0.29, 0.717) is 11.6 Å². The number of aliphatic carboxylic acids is 1. The molecule has 0 spiro atoms. The SMILES string of the molecule is O=C(C[C@H]([NH2+]C1CC1)C(=O)[O-])c1ccc(Br)cc1. The van der Waals surface area contributed by atoms with E-state index in [9.17, 15) is 14.7 Å². The molecule has 5 heteroatoms. The van der Waals surface area contributed by atoms with Crippen molar-refractivity contribution >= 4 is 27.7 Å². The molecule has 0 saturated heterocycles. The number of carbonyl (C=O) groups is 2. The van der Waals surface area contributed by atoms with Crippen molar-refractivity contribution in [2.45, 2.75) is 31.3 Å². The zero-order chi connectivity index (χ0) is 13.1. The van der Waals surface area contributed by atoms with Crippen LogP contribution in [0, 0.1) is 0 Å². The summed E-state index contributed by atoms with van der Waals surface area (Å²) in [6.45, 7) is 0. The normalized spacial score (nSPS) is 16.3. The summed E-state index contributed by atoms with van der Waals surface area (Å²) in [5, 5.41) is 12.7. The van der Waals surface area contributed by atoms with Crippen molar-refractivity contribution in [1.29, 1.82) is 0 Å². The predicted octanol–water partition coefficient (Wildman–Crippen LogP) is -0.134. The molecule has 1 aliphatic rings. The molecule has 1 saturated carbocycles. The van der Waals surface area contributed by atoms with E-state index in [1.807, 2.05) is 0 Å². The minimum absolute atomic E-state index is 0.0134. The molecule has 18 heavy (non-hydrogen) atoms. The van der Waals surface area contributed by atoms with Crippen molar-refractivity contribution in [3.8, 4) is 0 Å². The lowest BCUT2D eigenvalue weighted by Crippen LogP contribution is -2.94. The maximum absolute atomic E-state index is 11.9. The van der Waals surface area contributed by atoms with Gasteiger partial charge in [-0.25, -0.2) is 0 Å². The maximum Gasteiger partial charge on any atom is 0.169 e. The lowest BCUT2D eigenvalue weighted by molar-refractivity contribution is -0.695. The van der Waals surface area contributed by atoms with Gasteiger partial charge in [0.1, 0.15) is 6.04 Å². The first-order chi connectivity index (χ1) is 8.56. The highest BCUT2D eigenvalue weighted by atomic mass is 79.9. The second-order valence-electron chi connectivity index (χ2n) is 4.59. The van der Waals surface area contributed by atoms with Crippen molar-refractivity contribution in [3.63, 3.8) is 0 Å². The van der Waals surface area contributed by atoms with E-state index in [4.69, 9.17) is 0 Å². The summed E-state index contributed by atoms with van der Waals surface area (Å²) >= 11 is 3.29. The zero-order valence-electron chi connectivity index (χ0n) is 9.77. The smallest absolute Gasteiger partial charge is 0.169 e. The van der Waals surface area contributed by atoms with Gasteiger partial charge in [0.2, 0.25) is 0 Å². The van der Waals surface area contributed by atoms with Crippen LogP contribution >= 0.6 is 15.9 Å². The molecule has 0 aliphatic heterocycles. The quantitative estimate of drug-likeness (QED) is 0.744. The number of nitrogens with two attached hydrogens (primary N) is 1. The number of benzene rings is 1. The monoisotopic (exact) mass is 311 g/mol. The lowest BCUT2D eigenvalue weighted by Gasteiger charge is -2.15. The van der Waals surface area contributed by atoms with Gasteiger partial charge in [0.05, 0.1) is 18.4 Å². The van der Waals surface area contributed by atoms with Gasteiger partial charge in [0, 0.05) is 22.9 Å². The summed E-state index contributed by atoms with van der Waals surface area (Å²) in [7, 11) is 0. The second-order valence-corrected chi connectivity index (χ2v) is 5.51. The largest absolute Gasteiger partial charge is 0.544 e. The Kier molecular flexibility index (Phi) is 4.14. The molecule has 1 fully saturated rings. The van der Waals surface area contributed by atoms with E-state index in [-0.39, 0.29) is 12.2 Å². The second kappa shape index (κ2) is 5.63. The van der Waals surface area contributed by atoms with Crippen LogP contribution in [0.3, 0.4) is 0 Å². The molecule has 1 aromatic carbocycles. The van der Waals surface area contributed by atoms with Crippen molar-refractivity contribution in [1.82, 2.24) is 0 Å². The van der Waals surface area contributed by atoms with Gasteiger partial charge in [-0.3, -0.25) is 4.79 Å². The standard InChI is InChI=1S/C13H14BrNO3/c14-9-3-1-8(2-4-9)12(16)7-11(13(17)18)15-10-5-6-10/h1-4,10-11,15H,5-7H2,(H,17,18)/t11-/m0/s1. The number of ketones is 1. The van der Waals surface area contributed by atoms with Crippen molar-refractivity contribution in [3.05, 3.63) is 34.3 Å². The number of carboxylic acids is 1. The zero-order valence-corrected chi connectivity index (χ0v) is 11.4. The molecule has 2 rings (SSSR count). The Morgan fingerprint density at radius 2 is 1.94 bits per heavy atom. The molecule has 1 aromatic rings. The average Bonchev–Trinajstić information content (AvgIpc) is 3.12. The first-order valence-electron chi connectivity index (χ1n) is 5.91. The van der Waals surface area contributed by atoms with E-state index in [1.165, 1.54) is 0 Å². The number of hydrogen-bond acceptors (Lipinski definition) is 3. The highest BCUT2D eigenvalue weighted by Crippen LogP contribution is 2.15. The highest BCUT2D eigenvalue weighted by molar-refractivity contribution is 9.10. The molecule has 96 valence electrons. The molecule has 1 aliphatic carbocycles. The summed E-state index contributed by atoms with van der Waals surface area (Å²) in [5.74, 6) is -1.32. The summed E-state index contributed by atoms with van der Waals surface area (Å²) in [6, 6.07) is 6.50. The highest BCUT2D eigenvalue weighted by Gasteiger charge is 2.31. The van der Waals surface area contributed by atoms with E-state index >= 15 is 0 Å². The van der Waals surface area contributed by atoms with Gasteiger partial charge < -0.3 is 15.2 Å². The Balaban J connectivity index is 1.99. The van der Waals surface area contributed by atoms with Gasteiger partial charge >= 0.3 is 0 Å². The molecular formula is C13H14BrNO3. The Hall–Kier alpha value is -1.20. The first-order valence-corrected chi connectivity index (χ1v) is 6.70. The van der Waals surface area contributed by atoms with Gasteiger partial charge in [-0.15, -0.1) is 0 Å². The Labute approximate surface area is 114 Å². The topological polar surface area (TPSA) is 73.8 Å². The third-order valence-corrected chi connectivity index (χ3v) is 3.53. The van der Waals surface area contributed by atoms with Crippen LogP contribution in [0.2, 0.25) is 0 Å². The van der Waals surface area contributed by atoms with Crippen LogP contribution in [0.25, 0.3) is 0 Å². The summed E-state index contributed by atoms with van der Waals surface area (Å²) < 4.78 is 0.889. The molecule has 0 heterocycles. The van der Waals surface area contributed by atoms with Crippen LogP contribution in [0.5, 0.6) is 0 Å². The van der Waals surface area contributed by atoms with E-state index < -0.39 is 12.0 Å². The number of quaternary nitrogens is 1.